The van der Waals surface area contributed by atoms with Crippen LogP contribution in [0.1, 0.15) is 33.6 Å². The van der Waals surface area contributed by atoms with Crippen LogP contribution in [0.25, 0.3) is 0 Å². The highest BCUT2D eigenvalue weighted by Crippen LogP contribution is 2.37. The number of halogens is 3. The highest BCUT2D eigenvalue weighted by Gasteiger charge is 2.39. The van der Waals surface area contributed by atoms with Crippen LogP contribution in [0.3, 0.4) is 0 Å². The van der Waals surface area contributed by atoms with Crippen LogP contribution < -0.4 is 24.9 Å². The minimum absolute atomic E-state index is 0. The SMILES string of the molecule is C1CCOC1.CC(C)(C)[Si](C)(C)Oc1ccc(NC(=O)N2CCN(c3cc(F)ccn3)CC2)nc1.Cl.O=C(Nc1ccc(O)cn1)N1CCN(c2cc(F)ccn2)CC1. The van der Waals surface area contributed by atoms with E-state index in [-0.39, 0.29) is 46.9 Å². The fourth-order valence-corrected chi connectivity index (χ4v) is 6.74. The molecule has 7 heterocycles. The van der Waals surface area contributed by atoms with Crippen molar-refractivity contribution in [2.24, 2.45) is 0 Å². The lowest BCUT2D eigenvalue weighted by atomic mass is 10.2. The third kappa shape index (κ3) is 14.2. The second-order valence-electron chi connectivity index (χ2n) is 15.4. The molecule has 0 aliphatic carbocycles. The van der Waals surface area contributed by atoms with Gasteiger partial charge in [-0.3, -0.25) is 10.6 Å². The van der Waals surface area contributed by atoms with Gasteiger partial charge in [0.2, 0.25) is 0 Å². The smallest absolute Gasteiger partial charge is 0.323 e. The van der Waals surface area contributed by atoms with Crippen molar-refractivity contribution in [1.82, 2.24) is 29.7 Å². The number of ether oxygens (including phenoxy) is 1. The van der Waals surface area contributed by atoms with Gasteiger partial charge in [0.1, 0.15) is 46.4 Å². The Morgan fingerprint density at radius 1 is 0.712 bits per heavy atom. The van der Waals surface area contributed by atoms with E-state index in [2.05, 4.69) is 64.4 Å². The first-order valence-electron chi connectivity index (χ1n) is 19.4. The Hall–Kier alpha value is -5.33. The van der Waals surface area contributed by atoms with Crippen LogP contribution in [-0.4, -0.2) is 121 Å². The first kappa shape index (κ1) is 46.4. The number of nitrogens with zero attached hydrogens (tertiary/aromatic N) is 8. The van der Waals surface area contributed by atoms with Gasteiger partial charge in [-0.15, -0.1) is 12.4 Å². The van der Waals surface area contributed by atoms with Crippen molar-refractivity contribution in [3.8, 4) is 11.5 Å². The van der Waals surface area contributed by atoms with Gasteiger partial charge in [-0.25, -0.2) is 38.3 Å². The van der Waals surface area contributed by atoms with Gasteiger partial charge in [0, 0.05) is 90.1 Å². The molecule has 3 saturated heterocycles. The second-order valence-corrected chi connectivity index (χ2v) is 20.2. The van der Waals surface area contributed by atoms with E-state index < -0.39 is 8.32 Å². The van der Waals surface area contributed by atoms with Crippen molar-refractivity contribution >= 4 is 56.1 Å². The van der Waals surface area contributed by atoms with Gasteiger partial charge in [-0.05, 0) is 67.4 Å². The van der Waals surface area contributed by atoms with Crippen molar-refractivity contribution < 1.29 is 32.6 Å². The average Bonchev–Trinajstić information content (AvgIpc) is 3.80. The topological polar surface area (TPSA) is 161 Å². The first-order valence-corrected chi connectivity index (χ1v) is 22.3. The van der Waals surface area contributed by atoms with Gasteiger partial charge < -0.3 is 33.9 Å². The monoisotopic (exact) mass is 856 g/mol. The van der Waals surface area contributed by atoms with Crippen LogP contribution >= 0.6 is 12.4 Å². The highest BCUT2D eigenvalue weighted by atomic mass is 35.5. The number of amides is 4. The molecule has 59 heavy (non-hydrogen) atoms. The minimum Gasteiger partial charge on any atom is -0.542 e. The van der Waals surface area contributed by atoms with Gasteiger partial charge in [0.25, 0.3) is 8.32 Å². The molecule has 0 atom stereocenters. The maximum Gasteiger partial charge on any atom is 0.323 e. The number of piperazine rings is 2. The fourth-order valence-electron chi connectivity index (χ4n) is 5.72. The van der Waals surface area contributed by atoms with E-state index in [1.54, 1.807) is 22.1 Å². The summed E-state index contributed by atoms with van der Waals surface area (Å²) < 4.78 is 37.8. The van der Waals surface area contributed by atoms with Crippen LogP contribution in [0, 0.1) is 11.6 Å². The molecule has 15 nitrogen and oxygen atoms in total. The molecule has 0 unspecified atom stereocenters. The molecule has 320 valence electrons. The van der Waals surface area contributed by atoms with Gasteiger partial charge in [0.05, 0.1) is 12.4 Å². The summed E-state index contributed by atoms with van der Waals surface area (Å²) in [5, 5.41) is 14.8. The number of hydrogen-bond acceptors (Lipinski definition) is 11. The molecule has 4 aromatic rings. The van der Waals surface area contributed by atoms with Crippen LogP contribution in [0.5, 0.6) is 11.5 Å². The zero-order valence-electron chi connectivity index (χ0n) is 34.2. The number of pyridine rings is 4. The van der Waals surface area contributed by atoms with Gasteiger partial charge in [-0.1, -0.05) is 20.8 Å². The Labute approximate surface area is 351 Å². The number of nitrogens with one attached hydrogen (secondary N) is 2. The predicted molar refractivity (Wildman–Crippen MR) is 229 cm³/mol. The lowest BCUT2D eigenvalue weighted by Crippen LogP contribution is -2.50. The van der Waals surface area contributed by atoms with Crippen LogP contribution in [0.2, 0.25) is 18.1 Å². The van der Waals surface area contributed by atoms with E-state index >= 15 is 0 Å². The van der Waals surface area contributed by atoms with Gasteiger partial charge >= 0.3 is 12.1 Å². The largest absolute Gasteiger partial charge is 0.542 e. The minimum atomic E-state index is -1.93. The van der Waals surface area contributed by atoms with E-state index in [9.17, 15) is 23.5 Å². The summed E-state index contributed by atoms with van der Waals surface area (Å²) in [5.74, 6) is 2.15. The van der Waals surface area contributed by atoms with Crippen LogP contribution in [0.4, 0.5) is 41.6 Å². The quantitative estimate of drug-likeness (QED) is 0.168. The number of carbonyl (C=O) groups excluding carboxylic acids is 2. The molecule has 0 radical (unpaired) electrons. The van der Waals surface area contributed by atoms with Crippen molar-refractivity contribution in [3.05, 3.63) is 85.0 Å². The maximum absolute atomic E-state index is 13.4. The third-order valence-corrected chi connectivity index (χ3v) is 14.5. The molecule has 0 saturated carbocycles. The summed E-state index contributed by atoms with van der Waals surface area (Å²) in [6.45, 7) is 17.3. The standard InChI is InChI=1S/C21H30FN5O2Si.C15H16FN5O2.C4H8O.ClH/c1-21(2,3)30(4,5)29-17-6-7-18(24-15-17)25-20(28)27-12-10-26(11-13-27)19-14-16(22)8-9-23-19;16-11-3-4-17-14(9-11)20-5-7-21(8-6-20)15(23)19-13-2-1-12(22)10-18-13;1-2-4-5-3-1;/h6-9,14-15H,10-13H2,1-5H3,(H,24,25,28);1-4,9-10,22H,5-8H2,(H,18,19,23);1-4H2;1H. The first-order chi connectivity index (χ1) is 27.7. The molecule has 3 fully saturated rings. The Morgan fingerprint density at radius 2 is 1.17 bits per heavy atom. The maximum atomic E-state index is 13.4. The molecular weight excluding hydrogens is 802 g/mol. The number of anilines is 4. The Bertz CT molecular complexity index is 1920. The van der Waals surface area contributed by atoms with Crippen molar-refractivity contribution in [3.63, 3.8) is 0 Å². The normalized spacial score (nSPS) is 15.4. The van der Waals surface area contributed by atoms with Crippen molar-refractivity contribution in [2.45, 2.75) is 51.7 Å². The highest BCUT2D eigenvalue weighted by molar-refractivity contribution is 6.74. The van der Waals surface area contributed by atoms with Crippen molar-refractivity contribution in [1.29, 1.82) is 0 Å². The Kier molecular flexibility index (Phi) is 17.0. The number of aromatic nitrogens is 4. The lowest BCUT2D eigenvalue weighted by molar-refractivity contribution is 0.198. The van der Waals surface area contributed by atoms with Crippen LogP contribution in [0.15, 0.2) is 73.3 Å². The second kappa shape index (κ2) is 21.6. The molecule has 4 amide bonds. The number of rotatable bonds is 6. The Balaban J connectivity index is 0.000000234. The molecule has 3 aliphatic heterocycles. The van der Waals surface area contributed by atoms with Crippen LogP contribution in [-0.2, 0) is 4.74 Å². The summed E-state index contributed by atoms with van der Waals surface area (Å²) in [4.78, 5) is 48.6. The molecule has 3 aliphatic rings. The van der Waals surface area contributed by atoms with E-state index in [1.807, 2.05) is 15.9 Å². The lowest BCUT2D eigenvalue weighted by Gasteiger charge is -2.36. The molecule has 0 aromatic carbocycles. The molecule has 4 aromatic heterocycles. The fraction of sp³-hybridized carbons (Fsp3) is 0.450. The molecule has 19 heteroatoms. The summed E-state index contributed by atoms with van der Waals surface area (Å²) in [5.41, 5.74) is 0. The molecular formula is C40H55ClF2N10O5Si. The zero-order chi connectivity index (χ0) is 41.7. The molecule has 7 rings (SSSR count). The molecule has 0 bridgehead atoms. The van der Waals surface area contributed by atoms with Gasteiger partial charge in [-0.2, -0.15) is 0 Å². The Morgan fingerprint density at radius 3 is 1.53 bits per heavy atom. The summed E-state index contributed by atoms with van der Waals surface area (Å²) in [7, 11) is -1.93. The van der Waals surface area contributed by atoms with E-state index in [0.717, 1.165) is 19.0 Å². The summed E-state index contributed by atoms with van der Waals surface area (Å²) in [6.07, 6.45) is 8.36. The van der Waals surface area contributed by atoms with E-state index in [1.165, 1.54) is 67.8 Å². The average molecular weight is 857 g/mol. The summed E-state index contributed by atoms with van der Waals surface area (Å²) in [6, 6.07) is 11.5. The summed E-state index contributed by atoms with van der Waals surface area (Å²) >= 11 is 0. The van der Waals surface area contributed by atoms with Crippen molar-refractivity contribution in [2.75, 3.05) is 86.0 Å². The third-order valence-electron chi connectivity index (χ3n) is 10.2. The van der Waals surface area contributed by atoms with E-state index in [0.29, 0.717) is 75.6 Å². The zero-order valence-corrected chi connectivity index (χ0v) is 36.1. The number of hydrogen-bond donors (Lipinski definition) is 3. The number of carbonyl (C=O) groups is 2. The predicted octanol–water partition coefficient (Wildman–Crippen LogP) is 7.25. The number of urea groups is 2. The van der Waals surface area contributed by atoms with E-state index in [4.69, 9.17) is 9.16 Å². The van der Waals surface area contributed by atoms with Gasteiger partial charge in [0.15, 0.2) is 0 Å². The molecule has 3 N–H and O–H groups in total. The molecule has 0 spiro atoms. The number of aromatic hydroxyl groups is 1.